The quantitative estimate of drug-likeness (QED) is 0.470. The first kappa shape index (κ1) is 24.2. The molecule has 0 unspecified atom stereocenters. The predicted octanol–water partition coefficient (Wildman–Crippen LogP) is 4.06. The Morgan fingerprint density at radius 2 is 1.69 bits per heavy atom. The molecule has 0 saturated heterocycles. The van der Waals surface area contributed by atoms with Crippen LogP contribution in [0.15, 0.2) is 64.2 Å². The van der Waals surface area contributed by atoms with E-state index in [1.54, 1.807) is 36.5 Å². The maximum Gasteiger partial charge on any atom is 0.259 e. The average molecular weight is 538 g/mol. The van der Waals surface area contributed by atoms with Crippen molar-refractivity contribution in [2.24, 2.45) is 4.99 Å². The molecule has 0 spiro atoms. The van der Waals surface area contributed by atoms with Gasteiger partial charge in [-0.25, -0.2) is 4.98 Å². The monoisotopic (exact) mass is 537 g/mol. The molecule has 2 heterocycles. The molecule has 10 heteroatoms. The summed E-state index contributed by atoms with van der Waals surface area (Å²) in [5, 5.41) is 5.56. The van der Waals surface area contributed by atoms with E-state index in [9.17, 15) is 9.59 Å². The van der Waals surface area contributed by atoms with Gasteiger partial charge in [0.05, 0.1) is 32.0 Å². The highest BCUT2D eigenvalue weighted by Crippen LogP contribution is 2.34. The molecule has 2 N–H and O–H groups in total. The lowest BCUT2D eigenvalue weighted by molar-refractivity contribution is 0.102. The lowest BCUT2D eigenvalue weighted by Gasteiger charge is -2.16. The molecule has 3 aromatic rings. The maximum atomic E-state index is 13.1. The van der Waals surface area contributed by atoms with Crippen LogP contribution in [0.2, 0.25) is 0 Å². The van der Waals surface area contributed by atoms with Gasteiger partial charge >= 0.3 is 0 Å². The van der Waals surface area contributed by atoms with Crippen LogP contribution in [0.25, 0.3) is 0 Å². The third kappa shape index (κ3) is 5.43. The minimum absolute atomic E-state index is 0.194. The largest absolute Gasteiger partial charge is 0.493 e. The topological polar surface area (TPSA) is 105 Å². The number of hydrogen-bond acceptors (Lipinski definition) is 7. The normalized spacial score (nSPS) is 12.7. The number of carbonyl (C=O) groups is 2. The van der Waals surface area contributed by atoms with Gasteiger partial charge in [0, 0.05) is 41.5 Å². The van der Waals surface area contributed by atoms with Crippen molar-refractivity contribution in [2.45, 2.75) is 0 Å². The Labute approximate surface area is 211 Å². The van der Waals surface area contributed by atoms with Crippen LogP contribution in [0.1, 0.15) is 26.3 Å². The minimum Gasteiger partial charge on any atom is -0.493 e. The third-order valence-corrected chi connectivity index (χ3v) is 5.92. The van der Waals surface area contributed by atoms with E-state index in [2.05, 4.69) is 41.4 Å². The molecule has 1 aliphatic heterocycles. The summed E-state index contributed by atoms with van der Waals surface area (Å²) in [5.74, 6) is 1.15. The molecule has 0 aliphatic carbocycles. The number of carbonyl (C=O) groups excluding carboxylic acids is 2. The highest BCUT2D eigenvalue weighted by atomic mass is 79.9. The molecule has 0 fully saturated rings. The second-order valence-electron chi connectivity index (χ2n) is 7.73. The van der Waals surface area contributed by atoms with E-state index in [0.29, 0.717) is 22.9 Å². The lowest BCUT2D eigenvalue weighted by atomic mass is 10.1. The number of amidine groups is 1. The fourth-order valence-electron chi connectivity index (χ4n) is 3.61. The zero-order valence-corrected chi connectivity index (χ0v) is 21.0. The molecule has 2 aromatic carbocycles. The summed E-state index contributed by atoms with van der Waals surface area (Å²) < 4.78 is 11.5. The summed E-state index contributed by atoms with van der Waals surface area (Å²) in [6.45, 7) is 1.63. The van der Waals surface area contributed by atoms with Gasteiger partial charge in [0.2, 0.25) is 0 Å². The van der Waals surface area contributed by atoms with Gasteiger partial charge in [0.25, 0.3) is 11.8 Å². The molecule has 0 saturated carbocycles. The molecular weight excluding hydrogens is 514 g/mol. The van der Waals surface area contributed by atoms with Crippen LogP contribution in [-0.2, 0) is 0 Å². The first-order chi connectivity index (χ1) is 16.9. The van der Waals surface area contributed by atoms with Gasteiger partial charge in [-0.3, -0.25) is 14.6 Å². The molecule has 1 aromatic heterocycles. The first-order valence-electron chi connectivity index (χ1n) is 10.8. The summed E-state index contributed by atoms with van der Waals surface area (Å²) >= 11 is 3.32. The number of nitrogens with one attached hydrogen (secondary N) is 2. The zero-order chi connectivity index (χ0) is 24.9. The van der Waals surface area contributed by atoms with Crippen molar-refractivity contribution in [3.05, 3.63) is 75.9 Å². The van der Waals surface area contributed by atoms with Gasteiger partial charge < -0.3 is 25.0 Å². The maximum absolute atomic E-state index is 13.1. The van der Waals surface area contributed by atoms with Crippen molar-refractivity contribution in [1.29, 1.82) is 0 Å². The SMILES string of the molecule is COc1cc(NC(=O)c2ccc(C3=NCCN3C)cc2)c(C(=O)Nc2ccc(Br)cn2)cc1OC. The van der Waals surface area contributed by atoms with E-state index in [-0.39, 0.29) is 17.2 Å². The van der Waals surface area contributed by atoms with Crippen LogP contribution in [-0.4, -0.2) is 61.9 Å². The van der Waals surface area contributed by atoms with Gasteiger partial charge in [-0.15, -0.1) is 0 Å². The summed E-state index contributed by atoms with van der Waals surface area (Å²) in [5.41, 5.74) is 1.84. The van der Waals surface area contributed by atoms with Gasteiger partial charge in [-0.2, -0.15) is 0 Å². The van der Waals surface area contributed by atoms with E-state index in [1.807, 2.05) is 19.2 Å². The van der Waals surface area contributed by atoms with E-state index in [4.69, 9.17) is 9.47 Å². The molecular formula is C25H24BrN5O4. The fraction of sp³-hybridized carbons (Fsp3) is 0.200. The summed E-state index contributed by atoms with van der Waals surface area (Å²) in [4.78, 5) is 36.9. The number of aliphatic imine (C=N–C) groups is 1. The molecule has 9 nitrogen and oxygen atoms in total. The van der Waals surface area contributed by atoms with Crippen molar-refractivity contribution in [1.82, 2.24) is 9.88 Å². The molecule has 0 radical (unpaired) electrons. The fourth-order valence-corrected chi connectivity index (χ4v) is 3.85. The molecule has 0 bridgehead atoms. The number of likely N-dealkylation sites (N-methyl/N-ethyl adjacent to an activating group) is 1. The van der Waals surface area contributed by atoms with Gasteiger partial charge in [-0.1, -0.05) is 12.1 Å². The van der Waals surface area contributed by atoms with Crippen molar-refractivity contribution in [3.8, 4) is 11.5 Å². The van der Waals surface area contributed by atoms with Crippen molar-refractivity contribution >= 4 is 45.1 Å². The van der Waals surface area contributed by atoms with Crippen LogP contribution in [0.5, 0.6) is 11.5 Å². The summed E-state index contributed by atoms with van der Waals surface area (Å²) in [6, 6.07) is 13.7. The molecule has 180 valence electrons. The Bertz CT molecular complexity index is 1280. The number of halogens is 1. The van der Waals surface area contributed by atoms with E-state index < -0.39 is 5.91 Å². The molecule has 1 aliphatic rings. The minimum atomic E-state index is -0.464. The predicted molar refractivity (Wildman–Crippen MR) is 138 cm³/mol. The Morgan fingerprint density at radius 3 is 2.29 bits per heavy atom. The van der Waals surface area contributed by atoms with Crippen LogP contribution >= 0.6 is 15.9 Å². The third-order valence-electron chi connectivity index (χ3n) is 5.45. The van der Waals surface area contributed by atoms with Crippen LogP contribution in [0.4, 0.5) is 11.5 Å². The number of nitrogens with zero attached hydrogens (tertiary/aromatic N) is 3. The van der Waals surface area contributed by atoms with Gasteiger partial charge in [0.15, 0.2) is 11.5 Å². The highest BCUT2D eigenvalue weighted by molar-refractivity contribution is 9.10. The number of amides is 2. The first-order valence-corrected chi connectivity index (χ1v) is 11.5. The average Bonchev–Trinajstić information content (AvgIpc) is 3.30. The number of aromatic nitrogens is 1. The second kappa shape index (κ2) is 10.6. The van der Waals surface area contributed by atoms with Crippen molar-refractivity contribution in [2.75, 3.05) is 45.0 Å². The van der Waals surface area contributed by atoms with Crippen LogP contribution in [0, 0.1) is 0 Å². The second-order valence-corrected chi connectivity index (χ2v) is 8.64. The Kier molecular flexibility index (Phi) is 7.31. The smallest absolute Gasteiger partial charge is 0.259 e. The van der Waals surface area contributed by atoms with Crippen LogP contribution < -0.4 is 20.1 Å². The lowest BCUT2D eigenvalue weighted by Crippen LogP contribution is -2.23. The van der Waals surface area contributed by atoms with E-state index in [1.165, 1.54) is 20.3 Å². The van der Waals surface area contributed by atoms with Gasteiger partial charge in [0.1, 0.15) is 11.7 Å². The number of pyridine rings is 1. The molecule has 2 amide bonds. The molecule has 4 rings (SSSR count). The number of rotatable bonds is 7. The van der Waals surface area contributed by atoms with Crippen LogP contribution in [0.3, 0.4) is 0 Å². The van der Waals surface area contributed by atoms with E-state index in [0.717, 1.165) is 29.0 Å². The zero-order valence-electron chi connectivity index (χ0n) is 19.5. The Balaban J connectivity index is 1.60. The number of benzene rings is 2. The number of methoxy groups -OCH3 is 2. The molecule has 35 heavy (non-hydrogen) atoms. The molecule has 0 atom stereocenters. The number of ether oxygens (including phenoxy) is 2. The van der Waals surface area contributed by atoms with Gasteiger partial charge in [-0.05, 0) is 46.3 Å². The number of hydrogen-bond donors (Lipinski definition) is 2. The highest BCUT2D eigenvalue weighted by Gasteiger charge is 2.20. The van der Waals surface area contributed by atoms with Crippen molar-refractivity contribution < 1.29 is 19.1 Å². The number of anilines is 2. The Morgan fingerprint density at radius 1 is 0.971 bits per heavy atom. The summed E-state index contributed by atoms with van der Waals surface area (Å²) in [6.07, 6.45) is 1.57. The van der Waals surface area contributed by atoms with Crippen molar-refractivity contribution in [3.63, 3.8) is 0 Å². The standard InChI is InChI=1S/C25H24BrN5O4/c1-31-11-10-27-23(31)15-4-6-16(7-5-15)24(32)29-19-13-21(35-3)20(34-2)12-18(19)25(33)30-22-9-8-17(26)14-28-22/h4-9,12-14H,10-11H2,1-3H3,(H,29,32)(H,28,30,33). The summed E-state index contributed by atoms with van der Waals surface area (Å²) in [7, 11) is 4.94. The Hall–Kier alpha value is -3.92. The van der Waals surface area contributed by atoms with E-state index >= 15 is 0 Å².